The Bertz CT molecular complexity index is 1190. The van der Waals surface area contributed by atoms with Gasteiger partial charge < -0.3 is 9.47 Å². The Morgan fingerprint density at radius 3 is 2.45 bits per heavy atom. The number of benzene rings is 3. The molecule has 0 spiro atoms. The van der Waals surface area contributed by atoms with Gasteiger partial charge in [-0.1, -0.05) is 61.4 Å². The van der Waals surface area contributed by atoms with Crippen LogP contribution in [0.3, 0.4) is 0 Å². The third-order valence-electron chi connectivity index (χ3n) is 5.36. The molecule has 1 aromatic heterocycles. The zero-order valence-electron chi connectivity index (χ0n) is 19.0. The molecule has 4 aromatic rings. The van der Waals surface area contributed by atoms with Crippen LogP contribution >= 0.6 is 11.3 Å². The first kappa shape index (κ1) is 22.8. The molecule has 0 unspecified atom stereocenters. The number of fused-ring (bicyclic) bond motifs is 1. The van der Waals surface area contributed by atoms with Crippen molar-refractivity contribution in [2.24, 2.45) is 0 Å². The molecular weight excluding hydrogens is 432 g/mol. The van der Waals surface area contributed by atoms with Crippen molar-refractivity contribution in [1.29, 1.82) is 0 Å². The maximum Gasteiger partial charge on any atom is 0.260 e. The van der Waals surface area contributed by atoms with Crippen molar-refractivity contribution in [2.75, 3.05) is 18.6 Å². The van der Waals surface area contributed by atoms with Crippen LogP contribution in [0.2, 0.25) is 0 Å². The van der Waals surface area contributed by atoms with Crippen molar-refractivity contribution >= 4 is 32.6 Å². The molecule has 170 valence electrons. The first-order valence-electron chi connectivity index (χ1n) is 11.2. The number of carbonyl (C=O) groups excluding carboxylic acids is 1. The van der Waals surface area contributed by atoms with Crippen LogP contribution in [0.15, 0.2) is 72.8 Å². The predicted octanol–water partition coefficient (Wildman–Crippen LogP) is 6.72. The van der Waals surface area contributed by atoms with E-state index in [1.165, 1.54) is 11.3 Å². The van der Waals surface area contributed by atoms with Gasteiger partial charge in [0.2, 0.25) is 0 Å². The van der Waals surface area contributed by atoms with Crippen molar-refractivity contribution < 1.29 is 14.3 Å². The molecule has 0 radical (unpaired) electrons. The third kappa shape index (κ3) is 5.71. The van der Waals surface area contributed by atoms with Crippen molar-refractivity contribution in [1.82, 2.24) is 4.98 Å². The summed E-state index contributed by atoms with van der Waals surface area (Å²) in [4.78, 5) is 20.1. The Morgan fingerprint density at radius 1 is 0.970 bits per heavy atom. The second-order valence-electron chi connectivity index (χ2n) is 7.79. The number of thiazole rings is 1. The lowest BCUT2D eigenvalue weighted by Gasteiger charge is -2.20. The normalized spacial score (nSPS) is 10.8. The zero-order valence-corrected chi connectivity index (χ0v) is 19.8. The van der Waals surface area contributed by atoms with E-state index in [0.29, 0.717) is 23.8 Å². The zero-order chi connectivity index (χ0) is 23.0. The standard InChI is InChI=1S/C27H28N2O3S/c1-3-4-8-17-32-22-13-11-21(12-14-22)26(30)29(19-20-9-6-5-7-10-20)27-28-24-18-23(31-2)15-16-25(24)33-27/h5-7,9-16,18H,3-4,8,17,19H2,1-2H3. The van der Waals surface area contributed by atoms with Crippen LogP contribution in [0.5, 0.6) is 11.5 Å². The van der Waals surface area contributed by atoms with Crippen LogP contribution in [0.1, 0.15) is 42.1 Å². The Morgan fingerprint density at radius 2 is 1.73 bits per heavy atom. The van der Waals surface area contributed by atoms with Gasteiger partial charge in [0.15, 0.2) is 5.13 Å². The first-order valence-corrected chi connectivity index (χ1v) is 12.0. The SMILES string of the molecule is CCCCCOc1ccc(C(=O)N(Cc2ccccc2)c2nc3cc(OC)ccc3s2)cc1. The summed E-state index contributed by atoms with van der Waals surface area (Å²) in [7, 11) is 1.64. The maximum atomic E-state index is 13.6. The molecule has 1 heterocycles. The summed E-state index contributed by atoms with van der Waals surface area (Å²) in [6.07, 6.45) is 3.34. The number of ether oxygens (including phenoxy) is 2. The summed E-state index contributed by atoms with van der Waals surface area (Å²) in [5.74, 6) is 1.43. The molecule has 0 bridgehead atoms. The van der Waals surface area contributed by atoms with Crippen molar-refractivity contribution in [3.05, 3.63) is 83.9 Å². The van der Waals surface area contributed by atoms with Gasteiger partial charge in [0.05, 0.1) is 30.5 Å². The smallest absolute Gasteiger partial charge is 0.260 e. The number of methoxy groups -OCH3 is 1. The van der Waals surface area contributed by atoms with E-state index in [-0.39, 0.29) is 5.91 Å². The van der Waals surface area contributed by atoms with Gasteiger partial charge in [0, 0.05) is 11.6 Å². The summed E-state index contributed by atoms with van der Waals surface area (Å²) in [6.45, 7) is 3.30. The Kier molecular flexibility index (Phi) is 7.58. The number of carbonyl (C=O) groups is 1. The van der Waals surface area contributed by atoms with Crippen LogP contribution in [0.25, 0.3) is 10.2 Å². The van der Waals surface area contributed by atoms with E-state index in [1.807, 2.05) is 72.8 Å². The number of anilines is 1. The van der Waals surface area contributed by atoms with E-state index >= 15 is 0 Å². The van der Waals surface area contributed by atoms with Crippen molar-refractivity contribution in [2.45, 2.75) is 32.7 Å². The van der Waals surface area contributed by atoms with Crippen LogP contribution in [0.4, 0.5) is 5.13 Å². The molecule has 3 aromatic carbocycles. The van der Waals surface area contributed by atoms with E-state index in [0.717, 1.165) is 46.5 Å². The second kappa shape index (κ2) is 11.0. The minimum atomic E-state index is -0.0950. The monoisotopic (exact) mass is 460 g/mol. The van der Waals surface area contributed by atoms with Gasteiger partial charge >= 0.3 is 0 Å². The summed E-state index contributed by atoms with van der Waals surface area (Å²) >= 11 is 1.50. The largest absolute Gasteiger partial charge is 0.497 e. The molecule has 1 amide bonds. The molecule has 4 rings (SSSR count). The minimum Gasteiger partial charge on any atom is -0.497 e. The number of aromatic nitrogens is 1. The highest BCUT2D eigenvalue weighted by molar-refractivity contribution is 7.22. The van der Waals surface area contributed by atoms with Crippen LogP contribution in [-0.2, 0) is 6.54 Å². The summed E-state index contributed by atoms with van der Waals surface area (Å²) in [6, 6.07) is 23.1. The molecule has 0 aliphatic carbocycles. The topological polar surface area (TPSA) is 51.7 Å². The van der Waals surface area contributed by atoms with E-state index in [2.05, 4.69) is 6.92 Å². The summed E-state index contributed by atoms with van der Waals surface area (Å²) in [5.41, 5.74) is 2.46. The van der Waals surface area contributed by atoms with E-state index in [9.17, 15) is 4.79 Å². The molecule has 0 aliphatic heterocycles. The number of nitrogens with zero attached hydrogens (tertiary/aromatic N) is 2. The van der Waals surface area contributed by atoms with Crippen molar-refractivity contribution in [3.63, 3.8) is 0 Å². The molecule has 0 aliphatic rings. The van der Waals surface area contributed by atoms with E-state index in [1.54, 1.807) is 12.0 Å². The highest BCUT2D eigenvalue weighted by atomic mass is 32.1. The number of rotatable bonds is 10. The molecule has 0 fully saturated rings. The van der Waals surface area contributed by atoms with E-state index in [4.69, 9.17) is 14.5 Å². The van der Waals surface area contributed by atoms with Gasteiger partial charge in [0.25, 0.3) is 5.91 Å². The highest BCUT2D eigenvalue weighted by Crippen LogP contribution is 2.33. The molecule has 6 heteroatoms. The highest BCUT2D eigenvalue weighted by Gasteiger charge is 2.22. The molecule has 5 nitrogen and oxygen atoms in total. The minimum absolute atomic E-state index is 0.0950. The first-order chi connectivity index (χ1) is 16.2. The molecule has 0 N–H and O–H groups in total. The molecule has 33 heavy (non-hydrogen) atoms. The van der Waals surface area contributed by atoms with Crippen LogP contribution < -0.4 is 14.4 Å². The average molecular weight is 461 g/mol. The maximum absolute atomic E-state index is 13.6. The van der Waals surface area contributed by atoms with Gasteiger partial charge in [-0.25, -0.2) is 4.98 Å². The molecule has 0 atom stereocenters. The number of unbranched alkanes of at least 4 members (excludes halogenated alkanes) is 2. The molecule has 0 saturated heterocycles. The van der Waals surface area contributed by atoms with Crippen LogP contribution in [0, 0.1) is 0 Å². The Hall–Kier alpha value is -3.38. The lowest BCUT2D eigenvalue weighted by atomic mass is 10.1. The lowest BCUT2D eigenvalue weighted by Crippen LogP contribution is -2.30. The Balaban J connectivity index is 1.60. The predicted molar refractivity (Wildman–Crippen MR) is 135 cm³/mol. The third-order valence-corrected chi connectivity index (χ3v) is 6.42. The van der Waals surface area contributed by atoms with Crippen LogP contribution in [-0.4, -0.2) is 24.6 Å². The number of amides is 1. The van der Waals surface area contributed by atoms with Gasteiger partial charge in [0.1, 0.15) is 11.5 Å². The van der Waals surface area contributed by atoms with Gasteiger partial charge in [-0.2, -0.15) is 0 Å². The van der Waals surface area contributed by atoms with Crippen molar-refractivity contribution in [3.8, 4) is 11.5 Å². The lowest BCUT2D eigenvalue weighted by molar-refractivity contribution is 0.0985. The van der Waals surface area contributed by atoms with E-state index < -0.39 is 0 Å². The second-order valence-corrected chi connectivity index (χ2v) is 8.80. The summed E-state index contributed by atoms with van der Waals surface area (Å²) < 4.78 is 12.1. The fourth-order valence-electron chi connectivity index (χ4n) is 3.52. The summed E-state index contributed by atoms with van der Waals surface area (Å²) in [5, 5.41) is 0.659. The fraction of sp³-hybridized carbons (Fsp3) is 0.259. The quantitative estimate of drug-likeness (QED) is 0.247. The Labute approximate surface area is 198 Å². The average Bonchev–Trinajstić information content (AvgIpc) is 3.29. The van der Waals surface area contributed by atoms with Gasteiger partial charge in [-0.15, -0.1) is 0 Å². The van der Waals surface area contributed by atoms with Gasteiger partial charge in [-0.05, 0) is 48.4 Å². The fourth-order valence-corrected chi connectivity index (χ4v) is 4.47. The number of hydrogen-bond acceptors (Lipinski definition) is 5. The van der Waals surface area contributed by atoms with Gasteiger partial charge in [-0.3, -0.25) is 9.69 Å². The molecular formula is C27H28N2O3S. The number of hydrogen-bond donors (Lipinski definition) is 0. The molecule has 0 saturated carbocycles.